The van der Waals surface area contributed by atoms with Gasteiger partial charge in [-0.2, -0.15) is 0 Å². The van der Waals surface area contributed by atoms with Crippen molar-refractivity contribution in [2.45, 2.75) is 31.2 Å². The van der Waals surface area contributed by atoms with E-state index in [-0.39, 0.29) is 10.5 Å². The van der Waals surface area contributed by atoms with Gasteiger partial charge in [0.05, 0.1) is 31.6 Å². The lowest BCUT2D eigenvalue weighted by atomic mass is 9.95. The van der Waals surface area contributed by atoms with Crippen LogP contribution >= 0.6 is 0 Å². The molecule has 1 saturated heterocycles. The highest BCUT2D eigenvalue weighted by Crippen LogP contribution is 2.51. The molecule has 0 radical (unpaired) electrons. The third-order valence-corrected chi connectivity index (χ3v) is 6.61. The van der Waals surface area contributed by atoms with E-state index in [0.29, 0.717) is 24.4 Å². The van der Waals surface area contributed by atoms with E-state index >= 15 is 0 Å². The van der Waals surface area contributed by atoms with Crippen molar-refractivity contribution >= 4 is 11.9 Å². The van der Waals surface area contributed by atoms with Gasteiger partial charge in [-0.3, -0.25) is 0 Å². The minimum absolute atomic E-state index is 0.0485. The van der Waals surface area contributed by atoms with E-state index in [1.54, 1.807) is 0 Å². The second kappa shape index (κ2) is 7.92. The van der Waals surface area contributed by atoms with Gasteiger partial charge in [0.15, 0.2) is 0 Å². The lowest BCUT2D eigenvalue weighted by molar-refractivity contribution is -0.888. The Morgan fingerprint density at radius 2 is 1.96 bits per heavy atom. The summed E-state index contributed by atoms with van der Waals surface area (Å²) < 4.78 is 16.7. The number of thiol groups is 1. The molecule has 2 aromatic carbocycles. The fraction of sp³-hybridized carbons (Fsp3) is 0.455. The molecule has 2 fully saturated rings. The van der Waals surface area contributed by atoms with Crippen molar-refractivity contribution in [2.75, 3.05) is 25.9 Å². The average molecular weight is 388 g/mol. The number of piperidine rings is 1. The van der Waals surface area contributed by atoms with Crippen LogP contribution in [0.3, 0.4) is 0 Å². The first kappa shape index (κ1) is 18.9. The third-order valence-electron chi connectivity index (χ3n) is 5.99. The van der Waals surface area contributed by atoms with Crippen LogP contribution in [0.2, 0.25) is 0 Å². The Morgan fingerprint density at radius 3 is 2.74 bits per heavy atom. The molecule has 4 unspecified atom stereocenters. The van der Waals surface area contributed by atoms with Gasteiger partial charge in [0.1, 0.15) is 18.1 Å². The van der Waals surface area contributed by atoms with Crippen LogP contribution < -0.4 is 4.72 Å². The molecule has 1 saturated carbocycles. The highest BCUT2D eigenvalue weighted by molar-refractivity contribution is 7.75. The maximum absolute atomic E-state index is 13.3. The number of likely N-dealkylation sites (tertiary alicyclic amines) is 1. The van der Waals surface area contributed by atoms with Crippen molar-refractivity contribution < 1.29 is 9.04 Å². The molecule has 27 heavy (non-hydrogen) atoms. The predicted octanol–water partition coefficient (Wildman–Crippen LogP) is 4.02. The lowest BCUT2D eigenvalue weighted by Crippen LogP contribution is -2.55. The van der Waals surface area contributed by atoms with E-state index in [9.17, 15) is 9.60 Å². The van der Waals surface area contributed by atoms with E-state index < -0.39 is 0 Å². The van der Waals surface area contributed by atoms with Crippen LogP contribution in [0.25, 0.3) is 11.1 Å². The van der Waals surface area contributed by atoms with Crippen LogP contribution in [0.4, 0.5) is 4.39 Å². The Balaban J connectivity index is 1.47. The van der Waals surface area contributed by atoms with Gasteiger partial charge < -0.3 is 9.85 Å². The summed E-state index contributed by atoms with van der Waals surface area (Å²) in [7, 11) is 0. The smallest absolute Gasteiger partial charge is 0.123 e. The van der Waals surface area contributed by atoms with Crippen molar-refractivity contribution in [1.82, 2.24) is 4.72 Å². The first-order chi connectivity index (χ1) is 13.1. The van der Waals surface area contributed by atoms with E-state index in [4.69, 9.17) is 0 Å². The largest absolute Gasteiger partial charge is 0.633 e. The number of nitrogens with one attached hydrogen (secondary N) is 1. The molecule has 3 nitrogen and oxygen atoms in total. The number of quaternary nitrogens is 1. The molecule has 4 rings (SSSR count). The fourth-order valence-electron chi connectivity index (χ4n) is 4.63. The van der Waals surface area contributed by atoms with Gasteiger partial charge in [-0.25, -0.2) is 4.39 Å². The van der Waals surface area contributed by atoms with Crippen molar-refractivity contribution in [2.24, 2.45) is 5.92 Å². The number of hydrogen-bond donors (Lipinski definition) is 1. The van der Waals surface area contributed by atoms with Crippen molar-refractivity contribution in [3.05, 3.63) is 65.1 Å². The van der Waals surface area contributed by atoms with Gasteiger partial charge in [-0.05, 0) is 54.0 Å². The monoisotopic (exact) mass is 387 g/mol. The Morgan fingerprint density at radius 1 is 1.19 bits per heavy atom. The second-order valence-electron chi connectivity index (χ2n) is 8.04. The molecule has 0 spiro atoms. The maximum Gasteiger partial charge on any atom is 0.123 e. The average Bonchev–Trinajstić information content (AvgIpc) is 3.41. The van der Waals surface area contributed by atoms with Crippen LogP contribution in [0.5, 0.6) is 0 Å². The number of hydroxylamine groups is 3. The summed E-state index contributed by atoms with van der Waals surface area (Å²) in [5, 5.41) is 13.3. The second-order valence-corrected chi connectivity index (χ2v) is 8.74. The van der Waals surface area contributed by atoms with Crippen molar-refractivity contribution in [3.63, 3.8) is 0 Å². The topological polar surface area (TPSA) is 35.1 Å². The Bertz CT molecular complexity index is 782. The molecule has 2 aliphatic rings. The Labute approximate surface area is 165 Å². The summed E-state index contributed by atoms with van der Waals surface area (Å²) in [6.07, 6.45) is 5.30. The first-order valence-electron chi connectivity index (χ1n) is 9.84. The van der Waals surface area contributed by atoms with E-state index in [2.05, 4.69) is 29.2 Å². The highest BCUT2D eigenvalue weighted by Gasteiger charge is 2.44. The molecule has 0 aromatic heterocycles. The molecule has 5 heteroatoms. The zero-order valence-electron chi connectivity index (χ0n) is 15.8. The van der Waals surface area contributed by atoms with Crippen LogP contribution in [0.15, 0.2) is 48.5 Å². The number of halogens is 1. The number of nitrogens with zero attached hydrogens (tertiary/aromatic N) is 1. The SMILES string of the molecule is C[SH+]NC1CCC[N+]([O-])(CC2CC2c2ccccc2-c2ccc(F)cc2)C1. The molecule has 1 N–H and O–H groups in total. The fourth-order valence-corrected chi connectivity index (χ4v) is 5.21. The molecule has 1 aliphatic heterocycles. The first-order valence-corrected chi connectivity index (χ1v) is 11.2. The van der Waals surface area contributed by atoms with Crippen LogP contribution in [0.1, 0.15) is 30.7 Å². The standard InChI is InChI=1S/C22H27FN2OS/c1-27-24-19-5-4-12-25(26,15-19)14-17-13-22(17)21-7-3-2-6-20(21)16-8-10-18(23)11-9-16/h2-3,6-11,17,19,22,24H,4-5,12-15H2,1H3/p+1. The summed E-state index contributed by atoms with van der Waals surface area (Å²) in [6, 6.07) is 15.5. The Kier molecular flexibility index (Phi) is 5.55. The van der Waals surface area contributed by atoms with Gasteiger partial charge in [-0.1, -0.05) is 36.4 Å². The normalized spacial score (nSPS) is 30.3. The summed E-state index contributed by atoms with van der Waals surface area (Å²) in [4.78, 5) is 0. The maximum atomic E-state index is 13.3. The molecular weight excluding hydrogens is 359 g/mol. The van der Waals surface area contributed by atoms with Gasteiger partial charge >= 0.3 is 0 Å². The van der Waals surface area contributed by atoms with E-state index in [0.717, 1.165) is 49.9 Å². The van der Waals surface area contributed by atoms with Gasteiger partial charge in [-0.15, -0.1) is 4.72 Å². The summed E-state index contributed by atoms with van der Waals surface area (Å²) in [5.74, 6) is 0.702. The number of rotatable bonds is 6. The van der Waals surface area contributed by atoms with Crippen LogP contribution in [-0.4, -0.2) is 36.6 Å². The molecule has 0 amide bonds. The number of benzene rings is 2. The quantitative estimate of drug-likeness (QED) is 0.352. The Hall–Kier alpha value is -1.40. The summed E-state index contributed by atoms with van der Waals surface area (Å²) in [6.45, 7) is 2.17. The highest BCUT2D eigenvalue weighted by atomic mass is 32.2. The van der Waals surface area contributed by atoms with Gasteiger partial charge in [0, 0.05) is 5.92 Å². The minimum atomic E-state index is -0.210. The molecule has 2 aromatic rings. The zero-order valence-corrected chi connectivity index (χ0v) is 16.7. The van der Waals surface area contributed by atoms with Crippen LogP contribution in [-0.2, 0) is 11.9 Å². The summed E-state index contributed by atoms with van der Waals surface area (Å²) >= 11 is 1.16. The van der Waals surface area contributed by atoms with Crippen molar-refractivity contribution in [3.8, 4) is 11.1 Å². The van der Waals surface area contributed by atoms with Gasteiger partial charge in [0.25, 0.3) is 0 Å². The predicted molar refractivity (Wildman–Crippen MR) is 112 cm³/mol. The number of hydrogen-bond acceptors (Lipinski definition) is 2. The zero-order chi connectivity index (χ0) is 18.9. The van der Waals surface area contributed by atoms with E-state index in [1.807, 2.05) is 18.2 Å². The van der Waals surface area contributed by atoms with Gasteiger partial charge in [0.2, 0.25) is 0 Å². The molecular formula is C22H28FN2OS+. The molecule has 1 aliphatic carbocycles. The molecule has 0 bridgehead atoms. The molecule has 1 heterocycles. The van der Waals surface area contributed by atoms with E-state index in [1.165, 1.54) is 23.3 Å². The molecule has 144 valence electrons. The third kappa shape index (κ3) is 4.37. The summed E-state index contributed by atoms with van der Waals surface area (Å²) in [5.41, 5.74) is 3.53. The molecule has 4 atom stereocenters. The van der Waals surface area contributed by atoms with Crippen molar-refractivity contribution in [1.29, 1.82) is 0 Å². The van der Waals surface area contributed by atoms with Crippen LogP contribution in [0, 0.1) is 16.9 Å². The lowest BCUT2D eigenvalue weighted by Gasteiger charge is -2.47. The minimum Gasteiger partial charge on any atom is -0.633 e.